The first kappa shape index (κ1) is 7.09. The molecule has 2 nitrogen and oxygen atoms in total. The average Bonchev–Trinajstić information content (AvgIpc) is 1.94. The lowest BCUT2D eigenvalue weighted by Crippen LogP contribution is -1.81. The summed E-state index contributed by atoms with van der Waals surface area (Å²) in [7, 11) is 1.73. The van der Waals surface area contributed by atoms with Crippen LogP contribution in [0.1, 0.15) is 5.56 Å². The molecule has 0 spiro atoms. The average molecular weight is 136 g/mol. The lowest BCUT2D eigenvalue weighted by molar-refractivity contribution is 0.469. The second-order valence-corrected chi connectivity index (χ2v) is 2.10. The van der Waals surface area contributed by atoms with Crippen LogP contribution in [0.2, 0.25) is 0 Å². The summed E-state index contributed by atoms with van der Waals surface area (Å²) >= 11 is 0. The van der Waals surface area contributed by atoms with Crippen molar-refractivity contribution < 1.29 is 5.11 Å². The highest BCUT2D eigenvalue weighted by Gasteiger charge is 1.90. The monoisotopic (exact) mass is 136 g/mol. The topological polar surface area (TPSA) is 34.3 Å². The molecule has 1 rings (SSSR count). The van der Waals surface area contributed by atoms with E-state index in [0.717, 1.165) is 5.56 Å². The lowest BCUT2D eigenvalue weighted by Gasteiger charge is -2.11. The van der Waals surface area contributed by atoms with Crippen molar-refractivity contribution >= 4 is 0 Å². The highest BCUT2D eigenvalue weighted by Crippen LogP contribution is 2.16. The van der Waals surface area contributed by atoms with Gasteiger partial charge in [0.05, 0.1) is 0 Å². The summed E-state index contributed by atoms with van der Waals surface area (Å²) in [5.74, 6) is 0.327. The number of rotatable bonds is 2. The van der Waals surface area contributed by atoms with E-state index in [1.807, 2.05) is 12.1 Å². The fraction of sp³-hybridized carbons (Fsp3) is 0.250. The van der Waals surface area contributed by atoms with Crippen LogP contribution in [0.4, 0.5) is 0 Å². The molecule has 0 atom stereocenters. The van der Waals surface area contributed by atoms with E-state index in [1.54, 1.807) is 19.2 Å². The summed E-state index contributed by atoms with van der Waals surface area (Å²) in [6.07, 6.45) is 0. The van der Waals surface area contributed by atoms with E-state index in [4.69, 9.17) is 0 Å². The van der Waals surface area contributed by atoms with Gasteiger partial charge in [0, 0.05) is 0 Å². The smallest absolute Gasteiger partial charge is 0.117 e. The molecule has 0 aliphatic rings. The zero-order valence-electron chi connectivity index (χ0n) is 5.91. The van der Waals surface area contributed by atoms with Gasteiger partial charge in [0.25, 0.3) is 0 Å². The van der Waals surface area contributed by atoms with Crippen LogP contribution in [0.5, 0.6) is 5.75 Å². The Morgan fingerprint density at radius 1 is 1.40 bits per heavy atom. The standard InChI is InChI=1S/C8H10NO/c1-9-6-7-4-2-3-5-8(7)10/h2-5,10H,6H2,1H3/q-1. The SMILES string of the molecule is C[N-]Cc1ccccc1O. The number of para-hydroxylation sites is 1. The van der Waals surface area contributed by atoms with E-state index in [-0.39, 0.29) is 0 Å². The maximum absolute atomic E-state index is 9.18. The fourth-order valence-electron chi connectivity index (χ4n) is 0.815. The summed E-state index contributed by atoms with van der Waals surface area (Å²) in [5, 5.41) is 13.1. The zero-order chi connectivity index (χ0) is 7.40. The van der Waals surface area contributed by atoms with Gasteiger partial charge in [-0.2, -0.15) is 7.05 Å². The van der Waals surface area contributed by atoms with Gasteiger partial charge in [-0.1, -0.05) is 18.2 Å². The first-order valence-corrected chi connectivity index (χ1v) is 3.17. The normalized spacial score (nSPS) is 9.70. The number of nitrogens with zero attached hydrogens (tertiary/aromatic N) is 1. The molecule has 1 aromatic carbocycles. The van der Waals surface area contributed by atoms with Crippen LogP contribution >= 0.6 is 0 Å². The minimum atomic E-state index is 0.327. The number of phenolic OH excluding ortho intramolecular Hbond substituents is 1. The molecule has 0 aliphatic carbocycles. The largest absolute Gasteiger partial charge is 0.661 e. The Balaban J connectivity index is 2.81. The summed E-state index contributed by atoms with van der Waals surface area (Å²) in [6, 6.07) is 7.22. The van der Waals surface area contributed by atoms with Crippen molar-refractivity contribution in [3.05, 3.63) is 35.1 Å². The molecule has 10 heavy (non-hydrogen) atoms. The molecule has 0 heterocycles. The first-order valence-electron chi connectivity index (χ1n) is 3.17. The van der Waals surface area contributed by atoms with Crippen molar-refractivity contribution in [3.63, 3.8) is 0 Å². The summed E-state index contributed by atoms with van der Waals surface area (Å²) < 4.78 is 0. The van der Waals surface area contributed by atoms with Gasteiger partial charge in [-0.15, -0.1) is 6.54 Å². The molecule has 2 heteroatoms. The maximum atomic E-state index is 9.18. The van der Waals surface area contributed by atoms with Crippen LogP contribution in [0.25, 0.3) is 5.32 Å². The molecular weight excluding hydrogens is 126 g/mol. The van der Waals surface area contributed by atoms with E-state index in [9.17, 15) is 5.11 Å². The van der Waals surface area contributed by atoms with Gasteiger partial charge in [-0.05, 0) is 11.6 Å². The van der Waals surface area contributed by atoms with Crippen molar-refractivity contribution in [3.8, 4) is 5.75 Å². The molecular formula is C8H10NO-. The van der Waals surface area contributed by atoms with E-state index in [0.29, 0.717) is 12.3 Å². The Labute approximate surface area is 60.5 Å². The van der Waals surface area contributed by atoms with Crippen LogP contribution < -0.4 is 0 Å². The Kier molecular flexibility index (Phi) is 2.29. The Morgan fingerprint density at radius 2 is 2.10 bits per heavy atom. The Hall–Kier alpha value is -1.02. The Morgan fingerprint density at radius 3 is 2.70 bits per heavy atom. The van der Waals surface area contributed by atoms with Crippen molar-refractivity contribution in [1.82, 2.24) is 0 Å². The van der Waals surface area contributed by atoms with Crippen LogP contribution in [-0.4, -0.2) is 12.2 Å². The third-order valence-corrected chi connectivity index (χ3v) is 1.32. The highest BCUT2D eigenvalue weighted by molar-refractivity contribution is 5.32. The molecule has 0 fully saturated rings. The minimum Gasteiger partial charge on any atom is -0.661 e. The quantitative estimate of drug-likeness (QED) is 0.662. The number of hydrogen-bond donors (Lipinski definition) is 1. The number of hydrogen-bond acceptors (Lipinski definition) is 1. The molecule has 0 saturated carbocycles. The molecule has 0 bridgehead atoms. The zero-order valence-corrected chi connectivity index (χ0v) is 5.91. The van der Waals surface area contributed by atoms with Crippen LogP contribution in [0.3, 0.4) is 0 Å². The van der Waals surface area contributed by atoms with E-state index in [2.05, 4.69) is 5.32 Å². The molecule has 0 aliphatic heterocycles. The van der Waals surface area contributed by atoms with Gasteiger partial charge < -0.3 is 10.4 Å². The lowest BCUT2D eigenvalue weighted by atomic mass is 10.2. The molecule has 1 N–H and O–H groups in total. The minimum absolute atomic E-state index is 0.327. The first-order chi connectivity index (χ1) is 4.84. The van der Waals surface area contributed by atoms with Crippen LogP contribution in [-0.2, 0) is 6.54 Å². The van der Waals surface area contributed by atoms with Crippen LogP contribution in [0.15, 0.2) is 24.3 Å². The molecule has 0 aromatic heterocycles. The number of benzene rings is 1. The van der Waals surface area contributed by atoms with Crippen LogP contribution in [0, 0.1) is 0 Å². The third kappa shape index (κ3) is 1.48. The van der Waals surface area contributed by atoms with E-state index < -0.39 is 0 Å². The summed E-state index contributed by atoms with van der Waals surface area (Å²) in [6.45, 7) is 0.590. The van der Waals surface area contributed by atoms with Crippen molar-refractivity contribution in [1.29, 1.82) is 0 Å². The summed E-state index contributed by atoms with van der Waals surface area (Å²) in [4.78, 5) is 0. The molecule has 0 unspecified atom stereocenters. The van der Waals surface area contributed by atoms with Gasteiger partial charge in [0.1, 0.15) is 5.75 Å². The van der Waals surface area contributed by atoms with Gasteiger partial charge in [0.15, 0.2) is 0 Å². The second-order valence-electron chi connectivity index (χ2n) is 2.10. The summed E-state index contributed by atoms with van der Waals surface area (Å²) in [5.41, 5.74) is 0.880. The van der Waals surface area contributed by atoms with Crippen molar-refractivity contribution in [2.24, 2.45) is 0 Å². The molecule has 54 valence electrons. The van der Waals surface area contributed by atoms with Crippen molar-refractivity contribution in [2.75, 3.05) is 7.05 Å². The second kappa shape index (κ2) is 3.22. The van der Waals surface area contributed by atoms with Gasteiger partial charge in [-0.25, -0.2) is 0 Å². The third-order valence-electron chi connectivity index (χ3n) is 1.32. The molecule has 0 radical (unpaired) electrons. The van der Waals surface area contributed by atoms with Gasteiger partial charge in [-0.3, -0.25) is 0 Å². The van der Waals surface area contributed by atoms with Gasteiger partial charge >= 0.3 is 0 Å². The number of aromatic hydroxyl groups is 1. The Bertz CT molecular complexity index is 210. The van der Waals surface area contributed by atoms with Gasteiger partial charge in [0.2, 0.25) is 0 Å². The van der Waals surface area contributed by atoms with E-state index in [1.165, 1.54) is 0 Å². The highest BCUT2D eigenvalue weighted by atomic mass is 16.3. The molecule has 0 amide bonds. The molecule has 1 aromatic rings. The predicted molar refractivity (Wildman–Crippen MR) is 41.1 cm³/mol. The molecule has 0 saturated heterocycles. The predicted octanol–water partition coefficient (Wildman–Crippen LogP) is 1.90. The van der Waals surface area contributed by atoms with E-state index >= 15 is 0 Å². The number of phenols is 1. The van der Waals surface area contributed by atoms with Crippen molar-refractivity contribution in [2.45, 2.75) is 6.54 Å². The fourth-order valence-corrected chi connectivity index (χ4v) is 0.815. The maximum Gasteiger partial charge on any atom is 0.117 e.